The van der Waals surface area contributed by atoms with Crippen LogP contribution in [0.3, 0.4) is 0 Å². The third-order valence-corrected chi connectivity index (χ3v) is 8.82. The van der Waals surface area contributed by atoms with Crippen molar-refractivity contribution in [1.29, 1.82) is 0 Å². The maximum atomic E-state index is 12.8. The lowest BCUT2D eigenvalue weighted by Gasteiger charge is -2.44. The fraction of sp³-hybridized carbons (Fsp3) is 0.556. The molecule has 0 aromatic heterocycles. The lowest BCUT2D eigenvalue weighted by molar-refractivity contribution is -0.296. The van der Waals surface area contributed by atoms with Crippen LogP contribution in [0.1, 0.15) is 24.0 Å². The van der Waals surface area contributed by atoms with Crippen LogP contribution < -0.4 is 9.47 Å². The fourth-order valence-electron chi connectivity index (χ4n) is 6.27. The van der Waals surface area contributed by atoms with Gasteiger partial charge >= 0.3 is 17.9 Å². The second-order valence-corrected chi connectivity index (χ2v) is 13.1. The summed E-state index contributed by atoms with van der Waals surface area (Å²) in [6.07, 6.45) is -3.05. The lowest BCUT2D eigenvalue weighted by atomic mass is 9.69. The number of ether oxygens (including phenoxy) is 8. The number of carbonyl (C=O) groups excluding carboxylic acids is 4. The molecule has 1 fully saturated rings. The highest BCUT2D eigenvalue weighted by atomic mass is 127. The van der Waals surface area contributed by atoms with Crippen molar-refractivity contribution in [3.8, 4) is 11.5 Å². The van der Waals surface area contributed by atoms with Crippen molar-refractivity contribution in [1.82, 2.24) is 4.90 Å². The van der Waals surface area contributed by atoms with Gasteiger partial charge < -0.3 is 42.8 Å². The topological polar surface area (TPSA) is 145 Å². The Morgan fingerprint density at radius 2 is 1.65 bits per heavy atom. The molecule has 4 aliphatic rings. The number of methoxy groups -OCH3 is 2. The lowest BCUT2D eigenvalue weighted by Crippen LogP contribution is -2.64. The standard InChI is InChI=1S/C27H28I3NO12/c1-31-9-8-27-7-6-13(10-15(27)39-17-14(36-2)5-4-12(11-31)16(17)27)38-23-21(43-26(30)35)19(42-25(29)34)18(41-24(28)33)20(40-23)22(32)37-3/h4-7,13,15,18-21,23H,8-11H2,1-3H3/t13-,15-,18-,19-,20-,21+,23+,27-/m0/s1. The molecule has 43 heavy (non-hydrogen) atoms. The second-order valence-electron chi connectivity index (χ2n) is 10.4. The third-order valence-electron chi connectivity index (χ3n) is 8.05. The Labute approximate surface area is 287 Å². The molecule has 1 spiro atoms. The molecule has 13 nitrogen and oxygen atoms in total. The van der Waals surface area contributed by atoms with Crippen molar-refractivity contribution in [3.63, 3.8) is 0 Å². The van der Waals surface area contributed by atoms with E-state index in [-0.39, 0.29) is 6.10 Å². The number of esters is 1. The minimum Gasteiger partial charge on any atom is -0.493 e. The van der Waals surface area contributed by atoms with Crippen molar-refractivity contribution in [2.45, 2.75) is 67.7 Å². The Morgan fingerprint density at radius 1 is 0.977 bits per heavy atom. The van der Waals surface area contributed by atoms with E-state index in [9.17, 15) is 19.2 Å². The van der Waals surface area contributed by atoms with Crippen molar-refractivity contribution in [2.24, 2.45) is 0 Å². The first-order chi connectivity index (χ1) is 20.5. The molecule has 1 saturated heterocycles. The van der Waals surface area contributed by atoms with Crippen LogP contribution in [-0.2, 0) is 45.2 Å². The summed E-state index contributed by atoms with van der Waals surface area (Å²) in [6.45, 7) is 1.61. The molecule has 234 valence electrons. The largest absolute Gasteiger partial charge is 0.493 e. The number of benzene rings is 1. The molecule has 1 aliphatic carbocycles. The molecule has 1 aromatic rings. The highest BCUT2D eigenvalue weighted by Gasteiger charge is 2.57. The predicted molar refractivity (Wildman–Crippen MR) is 172 cm³/mol. The van der Waals surface area contributed by atoms with Gasteiger partial charge in [0.15, 0.2) is 35.9 Å². The molecule has 8 atom stereocenters. The van der Waals surface area contributed by atoms with Gasteiger partial charge in [0, 0.05) is 18.5 Å². The van der Waals surface area contributed by atoms with Gasteiger partial charge in [-0.1, -0.05) is 18.2 Å². The molecular formula is C27H28I3NO12. The molecule has 1 aromatic carbocycles. The molecule has 3 aliphatic heterocycles. The Hall–Kier alpha value is -1.49. The highest BCUT2D eigenvalue weighted by molar-refractivity contribution is 14.1. The quantitative estimate of drug-likeness (QED) is 0.124. The molecule has 0 bridgehead atoms. The van der Waals surface area contributed by atoms with Crippen molar-refractivity contribution in [2.75, 3.05) is 27.8 Å². The van der Waals surface area contributed by atoms with Crippen LogP contribution in [0, 0.1) is 0 Å². The maximum Gasteiger partial charge on any atom is 0.367 e. The Bertz CT molecular complexity index is 1330. The molecule has 5 rings (SSSR count). The number of rotatable bonds is 7. The van der Waals surface area contributed by atoms with E-state index in [1.54, 1.807) is 7.11 Å². The number of nitrogens with zero attached hydrogens (tertiary/aromatic N) is 1. The molecule has 16 heteroatoms. The van der Waals surface area contributed by atoms with Gasteiger partial charge in [-0.2, -0.15) is 0 Å². The minimum atomic E-state index is -1.55. The van der Waals surface area contributed by atoms with E-state index >= 15 is 0 Å². The van der Waals surface area contributed by atoms with E-state index < -0.39 is 60.1 Å². The van der Waals surface area contributed by atoms with Crippen LogP contribution >= 0.6 is 67.8 Å². The van der Waals surface area contributed by atoms with Gasteiger partial charge in [-0.3, -0.25) is 0 Å². The van der Waals surface area contributed by atoms with E-state index in [1.807, 2.05) is 12.1 Å². The molecular weight excluding hydrogens is 911 g/mol. The maximum absolute atomic E-state index is 12.8. The normalized spacial score (nSPS) is 32.7. The first-order valence-electron chi connectivity index (χ1n) is 13.2. The van der Waals surface area contributed by atoms with Gasteiger partial charge in [0.25, 0.3) is 0 Å². The highest BCUT2D eigenvalue weighted by Crippen LogP contribution is 2.56. The predicted octanol–water partition coefficient (Wildman–Crippen LogP) is 4.59. The SMILES string of the molecule is COC(=O)[C@H]1O[C@@H](O[C@H]2C=C[C@@]34CCN(C)Cc5ccc(OC)c(c53)O[C@H]4C2)[C@H](OC(=O)I)[C@@H](OC(=O)I)[C@@H]1OC(=O)I. The minimum absolute atomic E-state index is 0.319. The Balaban J connectivity index is 1.48. The monoisotopic (exact) mass is 939 g/mol. The summed E-state index contributed by atoms with van der Waals surface area (Å²) in [7, 11) is 4.82. The van der Waals surface area contributed by atoms with Gasteiger partial charge in [0.2, 0.25) is 6.29 Å². The first kappa shape index (κ1) is 32.9. The zero-order chi connectivity index (χ0) is 31.1. The molecule has 0 amide bonds. The zero-order valence-corrected chi connectivity index (χ0v) is 29.6. The van der Waals surface area contributed by atoms with E-state index in [4.69, 9.17) is 37.9 Å². The van der Waals surface area contributed by atoms with Gasteiger partial charge in [-0.15, -0.1) is 0 Å². The number of carbonyl (C=O) groups is 4. The van der Waals surface area contributed by atoms with Crippen LogP contribution in [0.4, 0.5) is 14.4 Å². The molecule has 0 N–H and O–H groups in total. The summed E-state index contributed by atoms with van der Waals surface area (Å²) >= 11 is 4.16. The number of hydrogen-bond donors (Lipinski definition) is 0. The van der Waals surface area contributed by atoms with Gasteiger partial charge in [-0.05, 0) is 31.6 Å². The Kier molecular flexibility index (Phi) is 10.3. The van der Waals surface area contributed by atoms with E-state index in [0.29, 0.717) is 17.9 Å². The fourth-order valence-corrected chi connectivity index (χ4v) is 7.15. The summed E-state index contributed by atoms with van der Waals surface area (Å²) in [5.41, 5.74) is 1.84. The average molecular weight is 939 g/mol. The summed E-state index contributed by atoms with van der Waals surface area (Å²) in [6, 6.07) is 3.98. The Morgan fingerprint density at radius 3 is 2.30 bits per heavy atom. The molecule has 0 unspecified atom stereocenters. The van der Waals surface area contributed by atoms with Crippen molar-refractivity contribution < 1.29 is 57.1 Å². The van der Waals surface area contributed by atoms with Crippen molar-refractivity contribution in [3.05, 3.63) is 35.4 Å². The van der Waals surface area contributed by atoms with E-state index in [2.05, 4.69) is 24.1 Å². The molecule has 0 radical (unpaired) electrons. The van der Waals surface area contributed by atoms with Crippen LogP contribution in [0.5, 0.6) is 11.5 Å². The average Bonchev–Trinajstić information content (AvgIpc) is 3.21. The van der Waals surface area contributed by atoms with Crippen LogP contribution in [-0.4, -0.2) is 93.5 Å². The smallest absolute Gasteiger partial charge is 0.367 e. The van der Waals surface area contributed by atoms with Gasteiger partial charge in [-0.25, -0.2) is 19.2 Å². The van der Waals surface area contributed by atoms with Crippen LogP contribution in [0.25, 0.3) is 0 Å². The summed E-state index contributed by atoms with van der Waals surface area (Å²) in [5.74, 6) is 0.451. The van der Waals surface area contributed by atoms with Crippen molar-refractivity contribution >= 4 is 85.7 Å². The zero-order valence-electron chi connectivity index (χ0n) is 23.2. The summed E-state index contributed by atoms with van der Waals surface area (Å²) in [4.78, 5) is 51.2. The van der Waals surface area contributed by atoms with Gasteiger partial charge in [0.1, 0.15) is 6.10 Å². The van der Waals surface area contributed by atoms with E-state index in [0.717, 1.165) is 37.7 Å². The first-order valence-corrected chi connectivity index (χ1v) is 16.4. The summed E-state index contributed by atoms with van der Waals surface area (Å²) < 4.78 is 43.2. The summed E-state index contributed by atoms with van der Waals surface area (Å²) in [5, 5.41) is 0. The second kappa shape index (κ2) is 13.5. The molecule has 0 saturated carbocycles. The van der Waals surface area contributed by atoms with Crippen LogP contribution in [0.15, 0.2) is 24.3 Å². The number of hydrogen-bond acceptors (Lipinski definition) is 13. The molecule has 3 heterocycles. The third kappa shape index (κ3) is 6.59. The van der Waals surface area contributed by atoms with E-state index in [1.165, 1.54) is 67.8 Å². The van der Waals surface area contributed by atoms with Gasteiger partial charge in [0.05, 0.1) is 93.5 Å². The van der Waals surface area contributed by atoms with Crippen LogP contribution in [0.2, 0.25) is 0 Å². The number of halogens is 3.